The molecule has 0 radical (unpaired) electrons. The van der Waals surface area contributed by atoms with Crippen LogP contribution in [-0.2, 0) is 13.0 Å². The molecule has 0 spiro atoms. The Balaban J connectivity index is 1.81. The Morgan fingerprint density at radius 1 is 0.957 bits per heavy atom. The van der Waals surface area contributed by atoms with Gasteiger partial charge in [-0.05, 0) is 42.3 Å². The van der Waals surface area contributed by atoms with Crippen LogP contribution in [0.3, 0.4) is 0 Å². The Labute approximate surface area is 133 Å². The normalized spacial score (nSPS) is 11.4. The van der Waals surface area contributed by atoms with Crippen molar-refractivity contribution in [3.63, 3.8) is 0 Å². The van der Waals surface area contributed by atoms with Crippen molar-refractivity contribution >= 4 is 5.96 Å². The highest BCUT2D eigenvalue weighted by Crippen LogP contribution is 2.09. The van der Waals surface area contributed by atoms with Crippen molar-refractivity contribution in [3.05, 3.63) is 71.0 Å². The third kappa shape index (κ3) is 5.32. The van der Waals surface area contributed by atoms with E-state index in [9.17, 15) is 13.2 Å². The summed E-state index contributed by atoms with van der Waals surface area (Å²) >= 11 is 0. The fraction of sp³-hybridized carbons (Fsp3) is 0.235. The Hall–Kier alpha value is -2.50. The van der Waals surface area contributed by atoms with Gasteiger partial charge in [0, 0.05) is 25.7 Å². The van der Waals surface area contributed by atoms with Crippen LogP contribution in [0.15, 0.2) is 47.5 Å². The SMILES string of the molecule is CN=C(NCCc1ccc(F)cc1)NCc1cc(F)ccc1F. The van der Waals surface area contributed by atoms with E-state index in [0.29, 0.717) is 18.9 Å². The van der Waals surface area contributed by atoms with E-state index >= 15 is 0 Å². The van der Waals surface area contributed by atoms with E-state index < -0.39 is 11.6 Å². The van der Waals surface area contributed by atoms with E-state index in [1.54, 1.807) is 19.2 Å². The standard InChI is InChI=1S/C17H18F3N3/c1-21-17(22-9-8-12-2-4-14(18)5-3-12)23-11-13-10-15(19)6-7-16(13)20/h2-7,10H,8-9,11H2,1H3,(H2,21,22,23). The number of nitrogens with zero attached hydrogens (tertiary/aromatic N) is 1. The second kappa shape index (κ2) is 8.22. The van der Waals surface area contributed by atoms with Crippen molar-refractivity contribution < 1.29 is 13.2 Å². The number of benzene rings is 2. The molecule has 0 aliphatic carbocycles. The highest BCUT2D eigenvalue weighted by molar-refractivity contribution is 5.79. The highest BCUT2D eigenvalue weighted by Gasteiger charge is 2.05. The monoisotopic (exact) mass is 321 g/mol. The number of rotatable bonds is 5. The minimum Gasteiger partial charge on any atom is -0.356 e. The summed E-state index contributed by atoms with van der Waals surface area (Å²) in [4.78, 5) is 4.02. The fourth-order valence-electron chi connectivity index (χ4n) is 2.05. The first-order valence-corrected chi connectivity index (χ1v) is 7.21. The Kier molecular flexibility index (Phi) is 6.02. The van der Waals surface area contributed by atoms with Gasteiger partial charge in [-0.25, -0.2) is 13.2 Å². The first kappa shape index (κ1) is 16.9. The van der Waals surface area contributed by atoms with E-state index in [1.807, 2.05) is 0 Å². The molecule has 2 N–H and O–H groups in total. The molecule has 2 aromatic carbocycles. The molecule has 0 aromatic heterocycles. The lowest BCUT2D eigenvalue weighted by Crippen LogP contribution is -2.38. The molecule has 2 aromatic rings. The first-order valence-electron chi connectivity index (χ1n) is 7.21. The van der Waals surface area contributed by atoms with E-state index in [2.05, 4.69) is 15.6 Å². The molecule has 3 nitrogen and oxygen atoms in total. The van der Waals surface area contributed by atoms with Gasteiger partial charge in [-0.15, -0.1) is 0 Å². The van der Waals surface area contributed by atoms with Crippen LogP contribution < -0.4 is 10.6 Å². The molecule has 0 unspecified atom stereocenters. The zero-order valence-corrected chi connectivity index (χ0v) is 12.7. The molecule has 0 bridgehead atoms. The minimum atomic E-state index is -0.484. The van der Waals surface area contributed by atoms with E-state index in [4.69, 9.17) is 0 Å². The van der Waals surface area contributed by atoms with Gasteiger partial charge in [0.15, 0.2) is 5.96 Å². The van der Waals surface area contributed by atoms with Gasteiger partial charge in [-0.2, -0.15) is 0 Å². The smallest absolute Gasteiger partial charge is 0.191 e. The third-order valence-corrected chi connectivity index (χ3v) is 3.30. The summed E-state index contributed by atoms with van der Waals surface area (Å²) in [5.74, 6) is -0.741. The molecular formula is C17H18F3N3. The maximum absolute atomic E-state index is 13.5. The van der Waals surface area contributed by atoms with Gasteiger partial charge in [-0.1, -0.05) is 12.1 Å². The number of hydrogen-bond donors (Lipinski definition) is 2. The van der Waals surface area contributed by atoms with Gasteiger partial charge in [0.1, 0.15) is 17.5 Å². The van der Waals surface area contributed by atoms with Gasteiger partial charge < -0.3 is 10.6 Å². The van der Waals surface area contributed by atoms with Gasteiger partial charge in [0.2, 0.25) is 0 Å². The number of hydrogen-bond acceptors (Lipinski definition) is 1. The summed E-state index contributed by atoms with van der Waals surface area (Å²) in [6.45, 7) is 0.705. The summed E-state index contributed by atoms with van der Waals surface area (Å²) < 4.78 is 39.4. The lowest BCUT2D eigenvalue weighted by Gasteiger charge is -2.12. The molecule has 0 fully saturated rings. The Bertz CT molecular complexity index is 669. The van der Waals surface area contributed by atoms with Crippen LogP contribution in [0.1, 0.15) is 11.1 Å². The summed E-state index contributed by atoms with van der Waals surface area (Å²) in [6, 6.07) is 9.58. The molecule has 6 heteroatoms. The van der Waals surface area contributed by atoms with Crippen LogP contribution in [0.5, 0.6) is 0 Å². The van der Waals surface area contributed by atoms with Crippen LogP contribution in [-0.4, -0.2) is 19.6 Å². The van der Waals surface area contributed by atoms with Gasteiger partial charge in [0.05, 0.1) is 0 Å². The Morgan fingerprint density at radius 2 is 1.65 bits per heavy atom. The van der Waals surface area contributed by atoms with Gasteiger partial charge in [0.25, 0.3) is 0 Å². The minimum absolute atomic E-state index is 0.125. The molecule has 0 atom stereocenters. The lowest BCUT2D eigenvalue weighted by atomic mass is 10.1. The average molecular weight is 321 g/mol. The van der Waals surface area contributed by atoms with E-state index in [0.717, 1.165) is 23.8 Å². The highest BCUT2D eigenvalue weighted by atomic mass is 19.1. The number of halogens is 3. The topological polar surface area (TPSA) is 36.4 Å². The summed E-state index contributed by atoms with van der Waals surface area (Å²) in [6.07, 6.45) is 0.690. The summed E-state index contributed by atoms with van der Waals surface area (Å²) in [7, 11) is 1.59. The number of aliphatic imine (C=N–C) groups is 1. The zero-order chi connectivity index (χ0) is 16.7. The fourth-order valence-corrected chi connectivity index (χ4v) is 2.05. The number of nitrogens with one attached hydrogen (secondary N) is 2. The third-order valence-electron chi connectivity index (χ3n) is 3.30. The molecule has 2 rings (SSSR count). The largest absolute Gasteiger partial charge is 0.356 e. The molecule has 0 saturated heterocycles. The van der Waals surface area contributed by atoms with Crippen LogP contribution in [0.4, 0.5) is 13.2 Å². The molecule has 23 heavy (non-hydrogen) atoms. The quantitative estimate of drug-likeness (QED) is 0.656. The second-order valence-electron chi connectivity index (χ2n) is 4.96. The summed E-state index contributed by atoms with van der Waals surface area (Å²) in [5, 5.41) is 5.99. The molecule has 0 amide bonds. The van der Waals surface area contributed by atoms with Crippen LogP contribution >= 0.6 is 0 Å². The van der Waals surface area contributed by atoms with Crippen molar-refractivity contribution in [2.45, 2.75) is 13.0 Å². The molecule has 0 aliphatic rings. The van der Waals surface area contributed by atoms with Crippen molar-refractivity contribution in [2.24, 2.45) is 4.99 Å². The molecular weight excluding hydrogens is 303 g/mol. The van der Waals surface area contributed by atoms with Crippen molar-refractivity contribution in [3.8, 4) is 0 Å². The molecule has 0 saturated carbocycles. The van der Waals surface area contributed by atoms with Crippen LogP contribution in [0.25, 0.3) is 0 Å². The van der Waals surface area contributed by atoms with Crippen LogP contribution in [0.2, 0.25) is 0 Å². The van der Waals surface area contributed by atoms with Crippen LogP contribution in [0, 0.1) is 17.5 Å². The van der Waals surface area contributed by atoms with E-state index in [1.165, 1.54) is 12.1 Å². The molecule has 0 heterocycles. The van der Waals surface area contributed by atoms with Gasteiger partial charge in [-0.3, -0.25) is 4.99 Å². The lowest BCUT2D eigenvalue weighted by molar-refractivity contribution is 0.581. The summed E-state index contributed by atoms with van der Waals surface area (Å²) in [5.41, 5.74) is 1.22. The van der Waals surface area contributed by atoms with Crippen molar-refractivity contribution in [1.82, 2.24) is 10.6 Å². The van der Waals surface area contributed by atoms with Crippen molar-refractivity contribution in [1.29, 1.82) is 0 Å². The number of guanidine groups is 1. The van der Waals surface area contributed by atoms with E-state index in [-0.39, 0.29) is 17.9 Å². The predicted molar refractivity (Wildman–Crippen MR) is 84.7 cm³/mol. The molecule has 122 valence electrons. The van der Waals surface area contributed by atoms with Gasteiger partial charge >= 0.3 is 0 Å². The Morgan fingerprint density at radius 3 is 2.35 bits per heavy atom. The maximum Gasteiger partial charge on any atom is 0.191 e. The second-order valence-corrected chi connectivity index (χ2v) is 4.96. The predicted octanol–water partition coefficient (Wildman–Crippen LogP) is 3.01. The first-order chi connectivity index (χ1) is 11.1. The zero-order valence-electron chi connectivity index (χ0n) is 12.7. The maximum atomic E-state index is 13.5. The van der Waals surface area contributed by atoms with Crippen molar-refractivity contribution in [2.75, 3.05) is 13.6 Å². The molecule has 0 aliphatic heterocycles. The average Bonchev–Trinajstić information content (AvgIpc) is 2.55.